The average Bonchev–Trinajstić information content (AvgIpc) is 2.77. The molecule has 8 heteroatoms. The highest BCUT2D eigenvalue weighted by molar-refractivity contribution is 6.42. The Balaban J connectivity index is 2.28. The van der Waals surface area contributed by atoms with E-state index in [4.69, 9.17) is 39.5 Å². The van der Waals surface area contributed by atoms with E-state index in [1.807, 2.05) is 34.6 Å². The number of ether oxygens (including phenoxy) is 1. The van der Waals surface area contributed by atoms with Crippen LogP contribution in [-0.2, 0) is 16.1 Å². The Kier molecular flexibility index (Phi) is 10.3. The van der Waals surface area contributed by atoms with E-state index in [9.17, 15) is 9.59 Å². The summed E-state index contributed by atoms with van der Waals surface area (Å²) in [6.45, 7) is 9.56. The second-order valence-electron chi connectivity index (χ2n) is 8.17. The molecule has 0 aliphatic rings. The molecule has 0 fully saturated rings. The molecule has 0 heterocycles. The van der Waals surface area contributed by atoms with Gasteiger partial charge < -0.3 is 15.0 Å². The fourth-order valence-electron chi connectivity index (χ4n) is 3.41. The van der Waals surface area contributed by atoms with Crippen LogP contribution in [0.1, 0.15) is 50.3 Å². The highest BCUT2D eigenvalue weighted by Crippen LogP contribution is 2.27. The number of aryl methyl sites for hydroxylation is 2. The average molecular weight is 514 g/mol. The fourth-order valence-corrected chi connectivity index (χ4v) is 3.84. The van der Waals surface area contributed by atoms with Crippen molar-refractivity contribution in [3.05, 3.63) is 62.1 Å². The molecule has 1 N–H and O–H groups in total. The molecule has 2 aromatic rings. The SMILES string of the molecule is CC[C@H](C)NC(=O)[C@H](CC)N(Cc1ccc(Cl)c(Cl)c1)C(=O)COc1cc(C)c(Cl)c(C)c1. The number of benzene rings is 2. The zero-order valence-corrected chi connectivity index (χ0v) is 21.9. The molecule has 0 saturated heterocycles. The maximum Gasteiger partial charge on any atom is 0.261 e. The number of amides is 2. The van der Waals surface area contributed by atoms with Crippen molar-refractivity contribution in [1.29, 1.82) is 0 Å². The lowest BCUT2D eigenvalue weighted by Crippen LogP contribution is -2.51. The van der Waals surface area contributed by atoms with Gasteiger partial charge in [0.25, 0.3) is 5.91 Å². The van der Waals surface area contributed by atoms with Crippen LogP contribution in [0.2, 0.25) is 15.1 Å². The lowest BCUT2D eigenvalue weighted by Gasteiger charge is -2.31. The Hall–Kier alpha value is -1.95. The van der Waals surface area contributed by atoms with Gasteiger partial charge in [-0.3, -0.25) is 9.59 Å². The van der Waals surface area contributed by atoms with Crippen molar-refractivity contribution in [3.63, 3.8) is 0 Å². The van der Waals surface area contributed by atoms with E-state index in [0.29, 0.717) is 27.2 Å². The van der Waals surface area contributed by atoms with Gasteiger partial charge in [0.1, 0.15) is 11.8 Å². The van der Waals surface area contributed by atoms with Crippen LogP contribution >= 0.6 is 34.8 Å². The number of carbonyl (C=O) groups excluding carboxylic acids is 2. The molecule has 0 aromatic heterocycles. The zero-order valence-electron chi connectivity index (χ0n) is 19.7. The second-order valence-corrected chi connectivity index (χ2v) is 9.36. The van der Waals surface area contributed by atoms with E-state index in [1.54, 1.807) is 30.3 Å². The smallest absolute Gasteiger partial charge is 0.261 e. The zero-order chi connectivity index (χ0) is 24.7. The summed E-state index contributed by atoms with van der Waals surface area (Å²) in [6, 6.07) is 8.11. The molecule has 0 aliphatic heterocycles. The van der Waals surface area contributed by atoms with Crippen LogP contribution in [0.15, 0.2) is 30.3 Å². The molecular weight excluding hydrogens is 483 g/mol. The minimum atomic E-state index is -0.654. The van der Waals surface area contributed by atoms with E-state index in [1.165, 1.54) is 4.90 Å². The molecule has 0 unspecified atom stereocenters. The van der Waals surface area contributed by atoms with Gasteiger partial charge in [-0.1, -0.05) is 54.7 Å². The molecule has 2 atom stereocenters. The first-order valence-electron chi connectivity index (χ1n) is 11.0. The largest absolute Gasteiger partial charge is 0.484 e. The summed E-state index contributed by atoms with van der Waals surface area (Å²) in [6.07, 6.45) is 1.25. The number of nitrogens with one attached hydrogen (secondary N) is 1. The number of carbonyl (C=O) groups is 2. The number of halogens is 3. The van der Waals surface area contributed by atoms with E-state index >= 15 is 0 Å². The van der Waals surface area contributed by atoms with Gasteiger partial charge in [0.2, 0.25) is 5.91 Å². The van der Waals surface area contributed by atoms with Crippen molar-refractivity contribution in [2.24, 2.45) is 0 Å². The quantitative estimate of drug-likeness (QED) is 0.402. The van der Waals surface area contributed by atoms with Crippen LogP contribution in [0.5, 0.6) is 5.75 Å². The Morgan fingerprint density at radius 3 is 2.18 bits per heavy atom. The van der Waals surface area contributed by atoms with E-state index in [2.05, 4.69) is 5.32 Å². The maximum absolute atomic E-state index is 13.3. The fraction of sp³-hybridized carbons (Fsp3) is 0.440. The van der Waals surface area contributed by atoms with Crippen molar-refractivity contribution in [1.82, 2.24) is 10.2 Å². The molecule has 2 aromatic carbocycles. The molecular formula is C25H31Cl3N2O3. The number of hydrogen-bond donors (Lipinski definition) is 1. The molecule has 0 spiro atoms. The monoisotopic (exact) mass is 512 g/mol. The summed E-state index contributed by atoms with van der Waals surface area (Å²) < 4.78 is 5.79. The molecule has 5 nitrogen and oxygen atoms in total. The van der Waals surface area contributed by atoms with Crippen LogP contribution in [0.4, 0.5) is 0 Å². The van der Waals surface area contributed by atoms with Gasteiger partial charge in [-0.25, -0.2) is 0 Å². The van der Waals surface area contributed by atoms with Gasteiger partial charge in [-0.15, -0.1) is 0 Å². The van der Waals surface area contributed by atoms with E-state index < -0.39 is 6.04 Å². The van der Waals surface area contributed by atoms with Gasteiger partial charge in [0.15, 0.2) is 6.61 Å². The predicted molar refractivity (Wildman–Crippen MR) is 135 cm³/mol. The molecule has 2 rings (SSSR count). The second kappa shape index (κ2) is 12.5. The summed E-state index contributed by atoms with van der Waals surface area (Å²) in [4.78, 5) is 27.8. The number of nitrogens with zero attached hydrogens (tertiary/aromatic N) is 1. The van der Waals surface area contributed by atoms with Crippen molar-refractivity contribution < 1.29 is 14.3 Å². The molecule has 0 saturated carbocycles. The molecule has 33 heavy (non-hydrogen) atoms. The highest BCUT2D eigenvalue weighted by atomic mass is 35.5. The molecule has 0 radical (unpaired) electrons. The lowest BCUT2D eigenvalue weighted by atomic mass is 10.1. The third kappa shape index (κ3) is 7.53. The Bertz CT molecular complexity index is 974. The molecule has 180 valence electrons. The van der Waals surface area contributed by atoms with Crippen molar-refractivity contribution >= 4 is 46.6 Å². The van der Waals surface area contributed by atoms with Crippen LogP contribution in [-0.4, -0.2) is 35.4 Å². The first kappa shape index (κ1) is 27.3. The standard InChI is InChI=1S/C25H31Cl3N2O3/c1-6-17(5)29-25(32)22(7-2)30(13-18-8-9-20(26)21(27)12-18)23(31)14-33-19-10-15(3)24(28)16(4)11-19/h8-12,17,22H,6-7,13-14H2,1-5H3,(H,29,32)/t17-,22-/m0/s1. The number of rotatable bonds is 10. The van der Waals surface area contributed by atoms with Crippen LogP contribution in [0.25, 0.3) is 0 Å². The summed E-state index contributed by atoms with van der Waals surface area (Å²) in [5.74, 6) is 0.0465. The molecule has 0 bridgehead atoms. The Labute approximate surface area is 211 Å². The minimum Gasteiger partial charge on any atom is -0.484 e. The topological polar surface area (TPSA) is 58.6 Å². The summed E-state index contributed by atoms with van der Waals surface area (Å²) in [5.41, 5.74) is 2.50. The van der Waals surface area contributed by atoms with E-state index in [0.717, 1.165) is 23.1 Å². The first-order chi connectivity index (χ1) is 15.6. The third-order valence-electron chi connectivity index (χ3n) is 5.50. The van der Waals surface area contributed by atoms with Crippen molar-refractivity contribution in [3.8, 4) is 5.75 Å². The van der Waals surface area contributed by atoms with Crippen molar-refractivity contribution in [2.45, 2.75) is 66.1 Å². The highest BCUT2D eigenvalue weighted by Gasteiger charge is 2.29. The van der Waals surface area contributed by atoms with Gasteiger partial charge in [-0.2, -0.15) is 0 Å². The first-order valence-corrected chi connectivity index (χ1v) is 12.1. The lowest BCUT2D eigenvalue weighted by molar-refractivity contribution is -0.143. The van der Waals surface area contributed by atoms with Crippen molar-refractivity contribution in [2.75, 3.05) is 6.61 Å². The van der Waals surface area contributed by atoms with Crippen LogP contribution < -0.4 is 10.1 Å². The van der Waals surface area contributed by atoms with Crippen LogP contribution in [0, 0.1) is 13.8 Å². The maximum atomic E-state index is 13.3. The predicted octanol–water partition coefficient (Wildman–Crippen LogP) is 6.36. The summed E-state index contributed by atoms with van der Waals surface area (Å²) in [5, 5.41) is 4.47. The van der Waals surface area contributed by atoms with E-state index in [-0.39, 0.29) is 31.0 Å². The van der Waals surface area contributed by atoms with Gasteiger partial charge >= 0.3 is 0 Å². The minimum absolute atomic E-state index is 0.00439. The summed E-state index contributed by atoms with van der Waals surface area (Å²) >= 11 is 18.4. The Morgan fingerprint density at radius 2 is 1.64 bits per heavy atom. The summed E-state index contributed by atoms with van der Waals surface area (Å²) in [7, 11) is 0. The molecule has 2 amide bonds. The normalized spacial score (nSPS) is 12.7. The van der Waals surface area contributed by atoms with Gasteiger partial charge in [0, 0.05) is 17.6 Å². The third-order valence-corrected chi connectivity index (χ3v) is 6.83. The number of hydrogen-bond acceptors (Lipinski definition) is 3. The van der Waals surface area contributed by atoms with Gasteiger partial charge in [-0.05, 0) is 74.6 Å². The van der Waals surface area contributed by atoms with Gasteiger partial charge in [0.05, 0.1) is 10.0 Å². The Morgan fingerprint density at radius 1 is 1.00 bits per heavy atom. The van der Waals surface area contributed by atoms with Crippen LogP contribution in [0.3, 0.4) is 0 Å². The molecule has 0 aliphatic carbocycles.